The number of esters is 1. The lowest BCUT2D eigenvalue weighted by Crippen LogP contribution is -2.44. The molecule has 0 spiro atoms. The molecule has 1 aromatic rings. The van der Waals surface area contributed by atoms with Gasteiger partial charge in [-0.3, -0.25) is 14.4 Å². The topological polar surface area (TPSA) is 126 Å². The zero-order chi connectivity index (χ0) is 23.7. The standard InChI is InChI=1S/C22H27FN4O5/c1-4-6-7-8-14-11-19(28)24-12-18-15(23)9-10-17(26-18)21(30)27-16(5-2)20(29)25-13(3)22(31)32-14/h5,7-10,13-14H,4,6,11-12H2,1-3H3,(H,24,28)(H,25,29)(H,27,30)/b8-7+,16-5-/t13-,14+/m0/s1. The molecule has 9 nitrogen and oxygen atoms in total. The van der Waals surface area contributed by atoms with Gasteiger partial charge in [0.2, 0.25) is 5.91 Å². The van der Waals surface area contributed by atoms with Crippen molar-refractivity contribution in [3.05, 3.63) is 53.3 Å². The number of nitrogens with one attached hydrogen (secondary N) is 3. The van der Waals surface area contributed by atoms with Crippen molar-refractivity contribution >= 4 is 23.7 Å². The van der Waals surface area contributed by atoms with Gasteiger partial charge in [-0.25, -0.2) is 14.2 Å². The number of pyridine rings is 1. The van der Waals surface area contributed by atoms with Crippen LogP contribution in [-0.2, 0) is 25.7 Å². The average molecular weight is 446 g/mol. The zero-order valence-corrected chi connectivity index (χ0v) is 18.2. The molecule has 0 aliphatic carbocycles. The summed E-state index contributed by atoms with van der Waals surface area (Å²) < 4.78 is 19.5. The molecular formula is C22H27FN4O5. The van der Waals surface area contributed by atoms with Gasteiger partial charge in [-0.15, -0.1) is 0 Å². The third-order valence-corrected chi connectivity index (χ3v) is 4.55. The molecule has 0 aromatic carbocycles. The highest BCUT2D eigenvalue weighted by Crippen LogP contribution is 2.10. The number of hydrogen-bond donors (Lipinski definition) is 3. The molecule has 32 heavy (non-hydrogen) atoms. The summed E-state index contributed by atoms with van der Waals surface area (Å²) in [5, 5.41) is 7.36. The van der Waals surface area contributed by atoms with E-state index >= 15 is 0 Å². The molecule has 2 bridgehead atoms. The molecule has 0 saturated heterocycles. The Morgan fingerprint density at radius 1 is 1.22 bits per heavy atom. The number of halogens is 1. The Kier molecular flexibility index (Phi) is 9.06. The van der Waals surface area contributed by atoms with Crippen LogP contribution in [0.15, 0.2) is 36.1 Å². The molecule has 172 valence electrons. The first kappa shape index (κ1) is 24.7. The summed E-state index contributed by atoms with van der Waals surface area (Å²) in [5.74, 6) is -3.41. The van der Waals surface area contributed by atoms with Crippen molar-refractivity contribution < 1.29 is 28.3 Å². The molecule has 2 heterocycles. The molecule has 1 aliphatic rings. The average Bonchev–Trinajstić information content (AvgIpc) is 2.75. The maximum absolute atomic E-state index is 14.1. The van der Waals surface area contributed by atoms with Crippen molar-refractivity contribution in [2.24, 2.45) is 0 Å². The summed E-state index contributed by atoms with van der Waals surface area (Å²) in [4.78, 5) is 53.8. The van der Waals surface area contributed by atoms with Crippen molar-refractivity contribution in [3.63, 3.8) is 0 Å². The molecule has 0 radical (unpaired) electrons. The third-order valence-electron chi connectivity index (χ3n) is 4.55. The summed E-state index contributed by atoms with van der Waals surface area (Å²) >= 11 is 0. The number of fused-ring (bicyclic) bond motifs is 2. The zero-order valence-electron chi connectivity index (χ0n) is 18.2. The fourth-order valence-corrected chi connectivity index (χ4v) is 2.77. The van der Waals surface area contributed by atoms with E-state index in [0.29, 0.717) is 0 Å². The molecule has 1 aliphatic heterocycles. The number of carbonyl (C=O) groups is 4. The van der Waals surface area contributed by atoms with Crippen LogP contribution in [0.3, 0.4) is 0 Å². The van der Waals surface area contributed by atoms with E-state index in [0.717, 1.165) is 18.9 Å². The first-order valence-electron chi connectivity index (χ1n) is 10.3. The number of unbranched alkanes of at least 4 members (excludes halogenated alkanes) is 1. The fourth-order valence-electron chi connectivity index (χ4n) is 2.77. The monoisotopic (exact) mass is 446 g/mol. The van der Waals surface area contributed by atoms with Crippen LogP contribution in [0.4, 0.5) is 4.39 Å². The van der Waals surface area contributed by atoms with Gasteiger partial charge in [-0.2, -0.15) is 0 Å². The highest BCUT2D eigenvalue weighted by Gasteiger charge is 2.25. The second kappa shape index (κ2) is 11.7. The SMILES string of the molecule is C/C=C1\NC(=O)c2ccc(F)c(n2)CNC(=O)C[C@@H](/C=C/CCC)OC(=O)[C@H](C)NC1=O. The van der Waals surface area contributed by atoms with Crippen LogP contribution >= 0.6 is 0 Å². The van der Waals surface area contributed by atoms with Crippen molar-refractivity contribution in [1.29, 1.82) is 0 Å². The second-order valence-corrected chi connectivity index (χ2v) is 7.15. The first-order valence-corrected chi connectivity index (χ1v) is 10.3. The lowest BCUT2D eigenvalue weighted by atomic mass is 10.2. The molecule has 2 rings (SSSR count). The van der Waals surface area contributed by atoms with Crippen LogP contribution in [0, 0.1) is 5.82 Å². The van der Waals surface area contributed by atoms with Crippen molar-refractivity contribution in [2.75, 3.05) is 0 Å². The van der Waals surface area contributed by atoms with E-state index in [1.807, 2.05) is 6.92 Å². The van der Waals surface area contributed by atoms with Gasteiger partial charge in [0.25, 0.3) is 11.8 Å². The summed E-state index contributed by atoms with van der Waals surface area (Å²) in [7, 11) is 0. The van der Waals surface area contributed by atoms with Gasteiger partial charge in [0.15, 0.2) is 0 Å². The maximum Gasteiger partial charge on any atom is 0.328 e. The number of ether oxygens (including phenoxy) is 1. The normalized spacial score (nSPS) is 22.3. The minimum Gasteiger partial charge on any atom is -0.456 e. The number of aromatic nitrogens is 1. The van der Waals surface area contributed by atoms with Crippen LogP contribution in [0.2, 0.25) is 0 Å². The van der Waals surface area contributed by atoms with Gasteiger partial charge in [-0.05, 0) is 38.5 Å². The van der Waals surface area contributed by atoms with E-state index < -0.39 is 41.7 Å². The predicted octanol–water partition coefficient (Wildman–Crippen LogP) is 1.65. The van der Waals surface area contributed by atoms with Crippen LogP contribution in [0.25, 0.3) is 0 Å². The summed E-state index contributed by atoms with van der Waals surface area (Å²) in [6, 6.07) is 1.18. The van der Waals surface area contributed by atoms with E-state index in [1.54, 1.807) is 12.2 Å². The molecule has 3 N–H and O–H groups in total. The van der Waals surface area contributed by atoms with E-state index in [4.69, 9.17) is 4.74 Å². The quantitative estimate of drug-likeness (QED) is 0.368. The van der Waals surface area contributed by atoms with E-state index in [9.17, 15) is 23.6 Å². The minimum atomic E-state index is -1.04. The number of rotatable bonds is 3. The van der Waals surface area contributed by atoms with Crippen molar-refractivity contribution in [1.82, 2.24) is 20.9 Å². The Balaban J connectivity index is 2.36. The van der Waals surface area contributed by atoms with E-state index in [1.165, 1.54) is 26.0 Å². The Morgan fingerprint density at radius 2 is 1.97 bits per heavy atom. The van der Waals surface area contributed by atoms with E-state index in [2.05, 4.69) is 20.9 Å². The third kappa shape index (κ3) is 7.00. The highest BCUT2D eigenvalue weighted by molar-refractivity contribution is 6.02. The smallest absolute Gasteiger partial charge is 0.328 e. The van der Waals surface area contributed by atoms with Gasteiger partial charge < -0.3 is 20.7 Å². The Morgan fingerprint density at radius 3 is 2.66 bits per heavy atom. The molecule has 1 aromatic heterocycles. The molecular weight excluding hydrogens is 419 g/mol. The Labute approximate surface area is 185 Å². The molecule has 10 heteroatoms. The molecule has 0 fully saturated rings. The van der Waals surface area contributed by atoms with Crippen LogP contribution < -0.4 is 16.0 Å². The number of nitrogens with zero attached hydrogens (tertiary/aromatic N) is 1. The summed E-state index contributed by atoms with van der Waals surface area (Å²) in [6.45, 7) is 4.68. The van der Waals surface area contributed by atoms with Crippen LogP contribution in [-0.4, -0.2) is 40.8 Å². The Hall–Kier alpha value is -3.56. The summed E-state index contributed by atoms with van der Waals surface area (Å²) in [6.07, 6.45) is 5.29. The van der Waals surface area contributed by atoms with Crippen LogP contribution in [0.5, 0.6) is 0 Å². The predicted molar refractivity (Wildman–Crippen MR) is 113 cm³/mol. The lowest BCUT2D eigenvalue weighted by molar-refractivity contribution is -0.151. The van der Waals surface area contributed by atoms with Gasteiger partial charge in [0.05, 0.1) is 18.7 Å². The Bertz CT molecular complexity index is 944. The second-order valence-electron chi connectivity index (χ2n) is 7.15. The van der Waals surface area contributed by atoms with Gasteiger partial charge in [-0.1, -0.05) is 25.5 Å². The van der Waals surface area contributed by atoms with E-state index in [-0.39, 0.29) is 30.1 Å². The minimum absolute atomic E-state index is 0.109. The molecule has 3 amide bonds. The van der Waals surface area contributed by atoms with Crippen molar-refractivity contribution in [2.45, 2.75) is 58.7 Å². The van der Waals surface area contributed by atoms with Gasteiger partial charge in [0.1, 0.15) is 29.4 Å². The number of hydrogen-bond acceptors (Lipinski definition) is 6. The van der Waals surface area contributed by atoms with Crippen LogP contribution in [0.1, 0.15) is 56.2 Å². The maximum atomic E-state index is 14.1. The number of amides is 3. The summed E-state index contributed by atoms with van der Waals surface area (Å²) in [5.41, 5.74) is -0.391. The highest BCUT2D eigenvalue weighted by atomic mass is 19.1. The molecule has 0 unspecified atom stereocenters. The van der Waals surface area contributed by atoms with Gasteiger partial charge >= 0.3 is 5.97 Å². The fraction of sp³-hybridized carbons (Fsp3) is 0.409. The van der Waals surface area contributed by atoms with Crippen molar-refractivity contribution in [3.8, 4) is 0 Å². The first-order chi connectivity index (χ1) is 15.2. The molecule has 0 saturated carbocycles. The number of carbonyl (C=O) groups excluding carboxylic acids is 4. The lowest BCUT2D eigenvalue weighted by Gasteiger charge is -2.20. The molecule has 2 atom stereocenters. The largest absolute Gasteiger partial charge is 0.456 e. The number of cyclic esters (lactones) is 1. The van der Waals surface area contributed by atoms with Gasteiger partial charge in [0, 0.05) is 0 Å². The number of allylic oxidation sites excluding steroid dienone is 2.